The van der Waals surface area contributed by atoms with E-state index >= 15 is 0 Å². The van der Waals surface area contributed by atoms with Crippen LogP contribution in [-0.4, -0.2) is 27.6 Å². The van der Waals surface area contributed by atoms with E-state index in [-0.39, 0.29) is 23.9 Å². The number of hydrogen-bond donors (Lipinski definition) is 2. The summed E-state index contributed by atoms with van der Waals surface area (Å²) in [7, 11) is 0. The fourth-order valence-electron chi connectivity index (χ4n) is 2.88. The maximum atomic E-state index is 11.8. The molecule has 1 aliphatic rings. The van der Waals surface area contributed by atoms with Crippen molar-refractivity contribution in [3.05, 3.63) is 17.0 Å². The molecule has 2 atom stereocenters. The summed E-state index contributed by atoms with van der Waals surface area (Å²) in [6.45, 7) is 8.94. The highest BCUT2D eigenvalue weighted by Crippen LogP contribution is 2.22. The van der Waals surface area contributed by atoms with Crippen LogP contribution in [0.3, 0.4) is 0 Å². The third-order valence-electron chi connectivity index (χ3n) is 3.86. The van der Waals surface area contributed by atoms with Crippen molar-refractivity contribution in [1.29, 1.82) is 0 Å². The van der Waals surface area contributed by atoms with Gasteiger partial charge in [-0.3, -0.25) is 24.9 Å². The van der Waals surface area contributed by atoms with E-state index in [4.69, 9.17) is 0 Å². The third-order valence-corrected chi connectivity index (χ3v) is 3.86. The highest BCUT2D eigenvalue weighted by atomic mass is 16.2. The first-order valence-corrected chi connectivity index (χ1v) is 7.07. The highest BCUT2D eigenvalue weighted by Gasteiger charge is 2.29. The van der Waals surface area contributed by atoms with Crippen molar-refractivity contribution in [2.45, 2.75) is 59.2 Å². The van der Waals surface area contributed by atoms with E-state index in [1.807, 2.05) is 25.5 Å². The van der Waals surface area contributed by atoms with Gasteiger partial charge in [0.1, 0.15) is 0 Å². The van der Waals surface area contributed by atoms with Gasteiger partial charge in [-0.2, -0.15) is 5.10 Å². The molecule has 0 radical (unpaired) electrons. The molecule has 20 heavy (non-hydrogen) atoms. The van der Waals surface area contributed by atoms with Crippen LogP contribution in [0, 0.1) is 13.8 Å². The van der Waals surface area contributed by atoms with Gasteiger partial charge in [0, 0.05) is 30.3 Å². The van der Waals surface area contributed by atoms with Crippen LogP contribution in [0.15, 0.2) is 0 Å². The quantitative estimate of drug-likeness (QED) is 0.805. The molecule has 1 fully saturated rings. The van der Waals surface area contributed by atoms with E-state index in [0.717, 1.165) is 23.5 Å². The summed E-state index contributed by atoms with van der Waals surface area (Å²) in [6.07, 6.45) is 0.942. The Morgan fingerprint density at radius 2 is 2.15 bits per heavy atom. The Kier molecular flexibility index (Phi) is 4.23. The van der Waals surface area contributed by atoms with Crippen LogP contribution in [0.2, 0.25) is 0 Å². The van der Waals surface area contributed by atoms with Gasteiger partial charge in [-0.1, -0.05) is 0 Å². The number of imide groups is 1. The number of amides is 2. The number of rotatable bonds is 4. The summed E-state index contributed by atoms with van der Waals surface area (Å²) < 4.78 is 1.97. The lowest BCUT2D eigenvalue weighted by Crippen LogP contribution is -2.51. The molecule has 110 valence electrons. The molecule has 2 unspecified atom stereocenters. The minimum Gasteiger partial charge on any atom is -0.299 e. The fourth-order valence-corrected chi connectivity index (χ4v) is 2.88. The zero-order valence-corrected chi connectivity index (χ0v) is 12.5. The minimum atomic E-state index is -0.313. The zero-order chi connectivity index (χ0) is 14.9. The van der Waals surface area contributed by atoms with Crippen molar-refractivity contribution < 1.29 is 9.59 Å². The van der Waals surface area contributed by atoms with Gasteiger partial charge in [0.2, 0.25) is 11.8 Å². The van der Waals surface area contributed by atoms with Gasteiger partial charge in [-0.15, -0.1) is 0 Å². The molecule has 1 aromatic heterocycles. The molecule has 0 bridgehead atoms. The van der Waals surface area contributed by atoms with Crippen LogP contribution in [0.4, 0.5) is 0 Å². The SMILES string of the molecule is CCn1nc(C)c(C(C)NC2CCC(=O)NC2=O)c1C. The van der Waals surface area contributed by atoms with Crippen molar-refractivity contribution >= 4 is 11.8 Å². The van der Waals surface area contributed by atoms with E-state index in [1.54, 1.807) is 0 Å². The Bertz CT molecular complexity index is 536. The number of nitrogens with zero attached hydrogens (tertiary/aromatic N) is 2. The van der Waals surface area contributed by atoms with Crippen LogP contribution in [0.1, 0.15) is 49.7 Å². The van der Waals surface area contributed by atoms with Crippen LogP contribution in [0.5, 0.6) is 0 Å². The summed E-state index contributed by atoms with van der Waals surface area (Å²) in [5, 5.41) is 10.2. The first kappa shape index (κ1) is 14.7. The normalized spacial score (nSPS) is 20.9. The number of piperidine rings is 1. The molecule has 6 heteroatoms. The summed E-state index contributed by atoms with van der Waals surface area (Å²) >= 11 is 0. The van der Waals surface area contributed by atoms with E-state index in [2.05, 4.69) is 22.7 Å². The first-order valence-electron chi connectivity index (χ1n) is 7.07. The van der Waals surface area contributed by atoms with Crippen LogP contribution in [-0.2, 0) is 16.1 Å². The zero-order valence-electron chi connectivity index (χ0n) is 12.5. The van der Waals surface area contributed by atoms with Crippen LogP contribution >= 0.6 is 0 Å². The van der Waals surface area contributed by atoms with Crippen LogP contribution < -0.4 is 10.6 Å². The molecular weight excluding hydrogens is 256 g/mol. The van der Waals surface area contributed by atoms with Crippen molar-refractivity contribution in [3.8, 4) is 0 Å². The molecular formula is C14H22N4O2. The van der Waals surface area contributed by atoms with Gasteiger partial charge in [-0.05, 0) is 34.1 Å². The Hall–Kier alpha value is -1.69. The Morgan fingerprint density at radius 1 is 1.45 bits per heavy atom. The van der Waals surface area contributed by atoms with Gasteiger partial charge in [-0.25, -0.2) is 0 Å². The Labute approximate surface area is 118 Å². The molecule has 0 saturated carbocycles. The van der Waals surface area contributed by atoms with Gasteiger partial charge < -0.3 is 0 Å². The van der Waals surface area contributed by atoms with Crippen LogP contribution in [0.25, 0.3) is 0 Å². The number of carbonyl (C=O) groups excluding carboxylic acids is 2. The van der Waals surface area contributed by atoms with Gasteiger partial charge >= 0.3 is 0 Å². The minimum absolute atomic E-state index is 0.0271. The predicted molar refractivity (Wildman–Crippen MR) is 75.1 cm³/mol. The summed E-state index contributed by atoms with van der Waals surface area (Å²) in [5.41, 5.74) is 3.24. The van der Waals surface area contributed by atoms with Crippen molar-refractivity contribution in [3.63, 3.8) is 0 Å². The second-order valence-corrected chi connectivity index (χ2v) is 5.29. The summed E-state index contributed by atoms with van der Waals surface area (Å²) in [6, 6.07) is -0.286. The lowest BCUT2D eigenvalue weighted by atomic mass is 10.0. The number of aryl methyl sites for hydroxylation is 2. The molecule has 1 aromatic rings. The molecule has 2 N–H and O–H groups in total. The standard InChI is InChI=1S/C14H22N4O2/c1-5-18-10(4)13(9(3)17-18)8(2)15-11-6-7-12(19)16-14(11)20/h8,11,15H,5-7H2,1-4H3,(H,16,19,20). The first-order chi connectivity index (χ1) is 9.43. The lowest BCUT2D eigenvalue weighted by molar-refractivity contribution is -0.134. The highest BCUT2D eigenvalue weighted by molar-refractivity contribution is 6.00. The molecule has 1 saturated heterocycles. The lowest BCUT2D eigenvalue weighted by Gasteiger charge is -2.25. The van der Waals surface area contributed by atoms with Gasteiger partial charge in [0.15, 0.2) is 0 Å². The second kappa shape index (κ2) is 5.75. The van der Waals surface area contributed by atoms with Gasteiger partial charge in [0.05, 0.1) is 11.7 Å². The van der Waals surface area contributed by atoms with Crippen molar-refractivity contribution in [2.75, 3.05) is 0 Å². The number of carbonyl (C=O) groups is 2. The van der Waals surface area contributed by atoms with E-state index < -0.39 is 0 Å². The maximum Gasteiger partial charge on any atom is 0.243 e. The monoisotopic (exact) mass is 278 g/mol. The Balaban J connectivity index is 2.12. The molecule has 2 rings (SSSR count). The molecule has 2 heterocycles. The smallest absolute Gasteiger partial charge is 0.243 e. The number of nitrogens with one attached hydrogen (secondary N) is 2. The molecule has 0 aliphatic carbocycles. The Morgan fingerprint density at radius 3 is 2.70 bits per heavy atom. The maximum absolute atomic E-state index is 11.8. The number of aromatic nitrogens is 2. The van der Waals surface area contributed by atoms with E-state index in [0.29, 0.717) is 12.8 Å². The van der Waals surface area contributed by atoms with Crippen molar-refractivity contribution in [2.24, 2.45) is 0 Å². The summed E-state index contributed by atoms with van der Waals surface area (Å²) in [4.78, 5) is 22.9. The number of hydrogen-bond acceptors (Lipinski definition) is 4. The predicted octanol–water partition coefficient (Wildman–Crippen LogP) is 0.976. The molecule has 0 spiro atoms. The van der Waals surface area contributed by atoms with E-state index in [9.17, 15) is 9.59 Å². The second-order valence-electron chi connectivity index (χ2n) is 5.29. The van der Waals surface area contributed by atoms with Gasteiger partial charge in [0.25, 0.3) is 0 Å². The average molecular weight is 278 g/mol. The van der Waals surface area contributed by atoms with E-state index in [1.165, 1.54) is 0 Å². The van der Waals surface area contributed by atoms with Crippen molar-refractivity contribution in [1.82, 2.24) is 20.4 Å². The third kappa shape index (κ3) is 2.75. The largest absolute Gasteiger partial charge is 0.299 e. The topological polar surface area (TPSA) is 76.0 Å². The summed E-state index contributed by atoms with van der Waals surface area (Å²) in [5.74, 6) is -0.418. The molecule has 6 nitrogen and oxygen atoms in total. The fraction of sp³-hybridized carbons (Fsp3) is 0.643. The average Bonchev–Trinajstić information content (AvgIpc) is 2.67. The molecule has 0 aromatic carbocycles. The molecule has 2 amide bonds. The molecule has 1 aliphatic heterocycles.